The summed E-state index contributed by atoms with van der Waals surface area (Å²) < 4.78 is 13.7. The van der Waals surface area contributed by atoms with Crippen LogP contribution in [0.3, 0.4) is 0 Å². The molecule has 2 heterocycles. The molecule has 7 nitrogen and oxygen atoms in total. The summed E-state index contributed by atoms with van der Waals surface area (Å²) in [5.74, 6) is 1.85. The smallest absolute Gasteiger partial charge is 0.233 e. The fourth-order valence-electron chi connectivity index (χ4n) is 4.46. The van der Waals surface area contributed by atoms with Crippen LogP contribution in [0, 0.1) is 5.92 Å². The Balaban J connectivity index is 1.46. The predicted molar refractivity (Wildman–Crippen MR) is 115 cm³/mol. The maximum absolute atomic E-state index is 12.9. The first-order valence-electron chi connectivity index (χ1n) is 10.7. The number of amides is 1. The molecule has 0 unspecified atom stereocenters. The lowest BCUT2D eigenvalue weighted by molar-refractivity contribution is -0.129. The number of rotatable bonds is 6. The van der Waals surface area contributed by atoms with E-state index in [4.69, 9.17) is 9.47 Å². The highest BCUT2D eigenvalue weighted by molar-refractivity contribution is 7.99. The van der Waals surface area contributed by atoms with E-state index in [1.54, 1.807) is 13.4 Å². The normalized spacial score (nSPS) is 18.4. The number of hydrogen-bond acceptors (Lipinski definition) is 6. The Bertz CT molecular complexity index is 866. The molecule has 0 N–H and O–H groups in total. The number of carbonyl (C=O) groups excluding carboxylic acids is 1. The molecule has 0 saturated heterocycles. The Morgan fingerprint density at radius 1 is 1.33 bits per heavy atom. The van der Waals surface area contributed by atoms with Crippen molar-refractivity contribution in [2.24, 2.45) is 13.0 Å². The Morgan fingerprint density at radius 2 is 2.17 bits per heavy atom. The summed E-state index contributed by atoms with van der Waals surface area (Å²) in [6, 6.07) is 6.35. The van der Waals surface area contributed by atoms with Crippen LogP contribution in [0.25, 0.3) is 0 Å². The summed E-state index contributed by atoms with van der Waals surface area (Å²) in [6.07, 6.45) is 8.08. The van der Waals surface area contributed by atoms with Crippen molar-refractivity contribution in [1.29, 1.82) is 0 Å². The number of nitrogens with zero attached hydrogens (tertiary/aromatic N) is 4. The highest BCUT2D eigenvalue weighted by Crippen LogP contribution is 2.38. The summed E-state index contributed by atoms with van der Waals surface area (Å²) in [5, 5.41) is 8.65. The van der Waals surface area contributed by atoms with E-state index in [9.17, 15) is 4.79 Å². The minimum atomic E-state index is 0.0837. The molecular formula is C22H30N4O3S. The Labute approximate surface area is 182 Å². The lowest BCUT2D eigenvalue weighted by atomic mass is 9.82. The standard InChI is InChI=1S/C22H30N4O3S/c1-25-15-23-24-22(25)30-14-20(27)26-10-11-29-19-9-8-17(12-18(19)13-26)21(28-2)16-6-4-3-5-7-16/h8-9,12,15-16,21H,3-7,10-11,13-14H2,1-2H3/t21-/m0/s1. The van der Waals surface area contributed by atoms with Crippen molar-refractivity contribution in [1.82, 2.24) is 19.7 Å². The maximum atomic E-state index is 12.9. The molecule has 1 fully saturated rings. The van der Waals surface area contributed by atoms with Gasteiger partial charge in [0.2, 0.25) is 5.91 Å². The van der Waals surface area contributed by atoms with Crippen molar-refractivity contribution in [2.75, 3.05) is 26.0 Å². The largest absolute Gasteiger partial charge is 0.491 e. The minimum Gasteiger partial charge on any atom is -0.491 e. The maximum Gasteiger partial charge on any atom is 0.233 e. The molecule has 0 bridgehead atoms. The number of benzene rings is 1. The summed E-state index contributed by atoms with van der Waals surface area (Å²) in [6.45, 7) is 1.64. The molecule has 1 aliphatic heterocycles. The zero-order valence-electron chi connectivity index (χ0n) is 17.7. The number of fused-ring (bicyclic) bond motifs is 1. The number of methoxy groups -OCH3 is 1. The molecule has 1 amide bonds. The van der Waals surface area contributed by atoms with Gasteiger partial charge in [0.25, 0.3) is 0 Å². The third-order valence-electron chi connectivity index (χ3n) is 6.07. The van der Waals surface area contributed by atoms with Crippen molar-refractivity contribution in [3.63, 3.8) is 0 Å². The molecule has 2 aliphatic rings. The van der Waals surface area contributed by atoms with Gasteiger partial charge in [0.05, 0.1) is 18.4 Å². The van der Waals surface area contributed by atoms with Gasteiger partial charge in [-0.2, -0.15) is 0 Å². The van der Waals surface area contributed by atoms with E-state index in [-0.39, 0.29) is 12.0 Å². The van der Waals surface area contributed by atoms with Crippen LogP contribution < -0.4 is 4.74 Å². The number of ether oxygens (including phenoxy) is 2. The zero-order valence-corrected chi connectivity index (χ0v) is 18.6. The van der Waals surface area contributed by atoms with E-state index in [0.29, 0.717) is 31.4 Å². The van der Waals surface area contributed by atoms with Gasteiger partial charge in [0.15, 0.2) is 5.16 Å². The molecule has 2 aromatic rings. The molecule has 1 aliphatic carbocycles. The topological polar surface area (TPSA) is 69.5 Å². The van der Waals surface area contributed by atoms with Crippen LogP contribution in [0.5, 0.6) is 5.75 Å². The van der Waals surface area contributed by atoms with Gasteiger partial charge in [-0.25, -0.2) is 0 Å². The average Bonchev–Trinajstić information content (AvgIpc) is 3.05. The molecule has 0 spiro atoms. The van der Waals surface area contributed by atoms with Crippen molar-refractivity contribution in [3.05, 3.63) is 35.7 Å². The molecule has 162 valence electrons. The summed E-state index contributed by atoms with van der Waals surface area (Å²) in [5.41, 5.74) is 2.24. The van der Waals surface area contributed by atoms with E-state index in [0.717, 1.165) is 16.5 Å². The predicted octanol–water partition coefficient (Wildman–Crippen LogP) is 3.60. The lowest BCUT2D eigenvalue weighted by Gasteiger charge is -2.30. The number of thioether (sulfide) groups is 1. The molecule has 1 aromatic carbocycles. The summed E-state index contributed by atoms with van der Waals surface area (Å²) in [7, 11) is 3.68. The quantitative estimate of drug-likeness (QED) is 0.653. The van der Waals surface area contributed by atoms with Crippen molar-refractivity contribution in [3.8, 4) is 5.75 Å². The van der Waals surface area contributed by atoms with Gasteiger partial charge in [0.1, 0.15) is 18.7 Å². The van der Waals surface area contributed by atoms with Crippen LogP contribution in [0.15, 0.2) is 29.7 Å². The highest BCUT2D eigenvalue weighted by atomic mass is 32.2. The van der Waals surface area contributed by atoms with E-state index < -0.39 is 0 Å². The second-order valence-electron chi connectivity index (χ2n) is 8.10. The van der Waals surface area contributed by atoms with Gasteiger partial charge in [0, 0.05) is 26.3 Å². The monoisotopic (exact) mass is 430 g/mol. The second-order valence-corrected chi connectivity index (χ2v) is 9.04. The van der Waals surface area contributed by atoms with Crippen LogP contribution in [0.1, 0.15) is 49.3 Å². The van der Waals surface area contributed by atoms with Gasteiger partial charge in [-0.1, -0.05) is 37.1 Å². The highest BCUT2D eigenvalue weighted by Gasteiger charge is 2.27. The molecule has 4 rings (SSSR count). The van der Waals surface area contributed by atoms with Crippen LogP contribution in [0.4, 0.5) is 0 Å². The van der Waals surface area contributed by atoms with E-state index in [2.05, 4.69) is 22.3 Å². The van der Waals surface area contributed by atoms with Crippen LogP contribution in [-0.2, 0) is 23.1 Å². The van der Waals surface area contributed by atoms with Gasteiger partial charge in [-0.3, -0.25) is 4.79 Å². The zero-order chi connectivity index (χ0) is 20.9. The first-order valence-corrected chi connectivity index (χ1v) is 11.7. The lowest BCUT2D eigenvalue weighted by Crippen LogP contribution is -2.33. The average molecular weight is 431 g/mol. The van der Waals surface area contributed by atoms with E-state index in [1.807, 2.05) is 22.6 Å². The molecule has 1 aromatic heterocycles. The van der Waals surface area contributed by atoms with Gasteiger partial charge < -0.3 is 18.9 Å². The molecule has 8 heteroatoms. The number of hydrogen-bond donors (Lipinski definition) is 0. The van der Waals surface area contributed by atoms with Crippen molar-refractivity contribution in [2.45, 2.75) is 49.9 Å². The van der Waals surface area contributed by atoms with Crippen molar-refractivity contribution >= 4 is 17.7 Å². The first kappa shape index (κ1) is 21.2. The third-order valence-corrected chi connectivity index (χ3v) is 7.09. The minimum absolute atomic E-state index is 0.0837. The Kier molecular flexibility index (Phi) is 6.94. The van der Waals surface area contributed by atoms with E-state index >= 15 is 0 Å². The van der Waals surface area contributed by atoms with Crippen LogP contribution in [0.2, 0.25) is 0 Å². The second kappa shape index (κ2) is 9.83. The Hall–Kier alpha value is -2.06. The van der Waals surface area contributed by atoms with E-state index in [1.165, 1.54) is 49.4 Å². The molecule has 0 radical (unpaired) electrons. The number of carbonyl (C=O) groups is 1. The molecule has 1 atom stereocenters. The molecule has 30 heavy (non-hydrogen) atoms. The van der Waals surface area contributed by atoms with Crippen LogP contribution >= 0.6 is 11.8 Å². The fraction of sp³-hybridized carbons (Fsp3) is 0.591. The summed E-state index contributed by atoms with van der Waals surface area (Å²) >= 11 is 1.41. The van der Waals surface area contributed by atoms with Gasteiger partial charge in [-0.15, -0.1) is 10.2 Å². The number of aryl methyl sites for hydroxylation is 1. The fourth-order valence-corrected chi connectivity index (χ4v) is 5.25. The molecule has 1 saturated carbocycles. The van der Waals surface area contributed by atoms with Gasteiger partial charge in [-0.05, 0) is 36.5 Å². The third kappa shape index (κ3) is 4.81. The molecular weight excluding hydrogens is 400 g/mol. The van der Waals surface area contributed by atoms with Crippen molar-refractivity contribution < 1.29 is 14.3 Å². The van der Waals surface area contributed by atoms with Gasteiger partial charge >= 0.3 is 0 Å². The SMILES string of the molecule is CO[C@H](c1ccc2c(c1)CN(C(=O)CSc1nncn1C)CCO2)C1CCCCC1. The Morgan fingerprint density at radius 3 is 2.90 bits per heavy atom. The summed E-state index contributed by atoms with van der Waals surface area (Å²) in [4.78, 5) is 14.7. The van der Waals surface area contributed by atoms with Crippen LogP contribution in [-0.4, -0.2) is 51.6 Å². The number of aromatic nitrogens is 3. The first-order chi connectivity index (χ1) is 14.7.